The lowest BCUT2D eigenvalue weighted by Gasteiger charge is -1.98. The minimum absolute atomic E-state index is 0.345. The molecule has 0 radical (unpaired) electrons. The second-order valence-corrected chi connectivity index (χ2v) is 2.45. The van der Waals surface area contributed by atoms with Crippen molar-refractivity contribution in [2.24, 2.45) is 0 Å². The summed E-state index contributed by atoms with van der Waals surface area (Å²) in [5.74, 6) is 0. The zero-order valence-corrected chi connectivity index (χ0v) is 4.53. The van der Waals surface area contributed by atoms with Crippen molar-refractivity contribution < 1.29 is 4.79 Å². The lowest BCUT2D eigenvalue weighted by atomic mass is 10.7. The summed E-state index contributed by atoms with van der Waals surface area (Å²) in [5, 5.41) is 2.48. The van der Waals surface area contributed by atoms with Gasteiger partial charge in [-0.25, -0.2) is 0 Å². The fraction of sp³-hybridized carbons (Fsp3) is 0.750. The molecule has 0 heterocycles. The van der Waals surface area contributed by atoms with Crippen LogP contribution in [0.3, 0.4) is 0 Å². The zero-order chi connectivity index (χ0) is 5.33. The molecule has 1 N–H and O–H groups in total. The Bertz CT molecular complexity index is 89.7. The van der Waals surface area contributed by atoms with E-state index in [9.17, 15) is 4.79 Å². The van der Waals surface area contributed by atoms with Crippen LogP contribution in [-0.2, 0) is 4.79 Å². The summed E-state index contributed by atoms with van der Waals surface area (Å²) >= 11 is 5.60. The Balaban J connectivity index is 2.25. The molecule has 2 nitrogen and oxygen atoms in total. The summed E-state index contributed by atoms with van der Waals surface area (Å²) in [4.78, 5) is 9.32. The van der Waals surface area contributed by atoms with E-state index in [1.807, 2.05) is 0 Å². The van der Waals surface area contributed by atoms with Crippen molar-refractivity contribution in [3.8, 4) is 0 Å². The first-order chi connectivity index (χ1) is 3.27. The fourth-order valence-corrected chi connectivity index (χ4v) is 0.499. The molecular formula is C4H6ClNO. The van der Waals surface area contributed by atoms with Gasteiger partial charge < -0.3 is 5.32 Å². The maximum absolute atomic E-state index is 9.66. The summed E-state index contributed by atoms with van der Waals surface area (Å²) in [7, 11) is 0. The predicted octanol–water partition coefficient (Wildman–Crippen LogP) is 0.461. The third-order valence-corrected chi connectivity index (χ3v) is 1.49. The number of rotatable bonds is 2. The maximum Gasteiger partial charge on any atom is 0.208 e. The van der Waals surface area contributed by atoms with Crippen molar-refractivity contribution in [3.05, 3.63) is 0 Å². The number of hydrogen-bond acceptors (Lipinski definition) is 1. The summed E-state index contributed by atoms with van der Waals surface area (Å²) in [6.45, 7) is 0. The highest BCUT2D eigenvalue weighted by Gasteiger charge is 2.39. The van der Waals surface area contributed by atoms with Crippen LogP contribution in [0.25, 0.3) is 0 Å². The average molecular weight is 120 g/mol. The number of halogens is 1. The molecule has 0 bridgehead atoms. The molecule has 0 atom stereocenters. The molecule has 0 aromatic rings. The molecule has 0 unspecified atom stereocenters. The highest BCUT2D eigenvalue weighted by Crippen LogP contribution is 2.38. The largest absolute Gasteiger partial charge is 0.340 e. The molecule has 0 aliphatic heterocycles. The first kappa shape index (κ1) is 4.91. The van der Waals surface area contributed by atoms with Gasteiger partial charge in [0.25, 0.3) is 0 Å². The standard InChI is InChI=1S/C4H6ClNO/c5-4(1-2-4)6-3-7/h3H,1-2H2,(H,6,7). The molecule has 1 fully saturated rings. The summed E-state index contributed by atoms with van der Waals surface area (Å²) in [6.07, 6.45) is 2.46. The maximum atomic E-state index is 9.66. The number of hydrogen-bond donors (Lipinski definition) is 1. The number of carbonyl (C=O) groups is 1. The zero-order valence-electron chi connectivity index (χ0n) is 3.78. The Kier molecular flexibility index (Phi) is 0.961. The van der Waals surface area contributed by atoms with Crippen LogP contribution in [0.4, 0.5) is 0 Å². The number of nitrogens with one attached hydrogen (secondary N) is 1. The lowest BCUT2D eigenvalue weighted by Crippen LogP contribution is -2.22. The van der Waals surface area contributed by atoms with Crippen molar-refractivity contribution >= 4 is 18.0 Å². The molecule has 1 rings (SSSR count). The Labute approximate surface area is 46.8 Å². The molecule has 3 heteroatoms. The average Bonchev–Trinajstić information content (AvgIpc) is 2.22. The third-order valence-electron chi connectivity index (χ3n) is 1.01. The predicted molar refractivity (Wildman–Crippen MR) is 27.0 cm³/mol. The topological polar surface area (TPSA) is 29.1 Å². The van der Waals surface area contributed by atoms with E-state index in [0.717, 1.165) is 12.8 Å². The molecule has 7 heavy (non-hydrogen) atoms. The van der Waals surface area contributed by atoms with Gasteiger partial charge in [-0.15, -0.1) is 0 Å². The lowest BCUT2D eigenvalue weighted by molar-refractivity contribution is -0.109. The number of amides is 1. The highest BCUT2D eigenvalue weighted by molar-refractivity contribution is 6.26. The van der Waals surface area contributed by atoms with E-state index < -0.39 is 0 Å². The van der Waals surface area contributed by atoms with Gasteiger partial charge in [0, 0.05) is 0 Å². The molecule has 0 aromatic heterocycles. The molecule has 0 saturated heterocycles. The second-order valence-electron chi connectivity index (χ2n) is 1.73. The van der Waals surface area contributed by atoms with Crippen molar-refractivity contribution in [2.45, 2.75) is 17.8 Å². The smallest absolute Gasteiger partial charge is 0.208 e. The van der Waals surface area contributed by atoms with Crippen LogP contribution in [0.1, 0.15) is 12.8 Å². The van der Waals surface area contributed by atoms with E-state index in [1.54, 1.807) is 0 Å². The van der Waals surface area contributed by atoms with Gasteiger partial charge in [-0.1, -0.05) is 11.6 Å². The Morgan fingerprint density at radius 1 is 1.71 bits per heavy atom. The van der Waals surface area contributed by atoms with Crippen LogP contribution >= 0.6 is 11.6 Å². The normalized spacial score (nSPS) is 23.6. The van der Waals surface area contributed by atoms with E-state index in [-0.39, 0.29) is 5.00 Å². The van der Waals surface area contributed by atoms with Gasteiger partial charge in [-0.3, -0.25) is 4.79 Å². The molecule has 0 spiro atoms. The molecular weight excluding hydrogens is 114 g/mol. The van der Waals surface area contributed by atoms with Crippen molar-refractivity contribution in [1.82, 2.24) is 5.32 Å². The van der Waals surface area contributed by atoms with E-state index >= 15 is 0 Å². The molecule has 1 aliphatic carbocycles. The Morgan fingerprint density at radius 3 is 2.43 bits per heavy atom. The van der Waals surface area contributed by atoms with Crippen LogP contribution in [0.2, 0.25) is 0 Å². The second kappa shape index (κ2) is 1.37. The van der Waals surface area contributed by atoms with Gasteiger partial charge in [0.1, 0.15) is 5.00 Å². The van der Waals surface area contributed by atoms with Gasteiger partial charge >= 0.3 is 0 Å². The van der Waals surface area contributed by atoms with E-state index in [0.29, 0.717) is 6.41 Å². The quantitative estimate of drug-likeness (QED) is 0.319. The SMILES string of the molecule is O=CNC1(Cl)CC1. The Hall–Kier alpha value is -0.240. The summed E-state index contributed by atoms with van der Waals surface area (Å²) in [5.41, 5.74) is 0. The van der Waals surface area contributed by atoms with E-state index in [2.05, 4.69) is 5.32 Å². The van der Waals surface area contributed by atoms with Crippen LogP contribution < -0.4 is 5.32 Å². The van der Waals surface area contributed by atoms with Crippen molar-refractivity contribution in [1.29, 1.82) is 0 Å². The van der Waals surface area contributed by atoms with Gasteiger partial charge in [0.2, 0.25) is 6.41 Å². The van der Waals surface area contributed by atoms with Crippen LogP contribution in [0, 0.1) is 0 Å². The number of carbonyl (C=O) groups excluding carboxylic acids is 1. The van der Waals surface area contributed by atoms with Gasteiger partial charge in [-0.2, -0.15) is 0 Å². The first-order valence-electron chi connectivity index (χ1n) is 2.17. The minimum Gasteiger partial charge on any atom is -0.340 e. The fourth-order valence-electron chi connectivity index (χ4n) is 0.360. The van der Waals surface area contributed by atoms with Crippen molar-refractivity contribution in [3.63, 3.8) is 0 Å². The molecule has 1 aliphatic rings. The number of alkyl halides is 1. The van der Waals surface area contributed by atoms with E-state index in [4.69, 9.17) is 11.6 Å². The third kappa shape index (κ3) is 1.06. The highest BCUT2D eigenvalue weighted by atomic mass is 35.5. The van der Waals surface area contributed by atoms with Crippen LogP contribution in [-0.4, -0.2) is 11.4 Å². The molecule has 0 aromatic carbocycles. The van der Waals surface area contributed by atoms with Crippen molar-refractivity contribution in [2.75, 3.05) is 0 Å². The summed E-state index contributed by atoms with van der Waals surface area (Å²) < 4.78 is 0. The van der Waals surface area contributed by atoms with Gasteiger partial charge in [0.05, 0.1) is 0 Å². The summed E-state index contributed by atoms with van der Waals surface area (Å²) in [6, 6.07) is 0. The van der Waals surface area contributed by atoms with Gasteiger partial charge in [0.15, 0.2) is 0 Å². The molecule has 40 valence electrons. The Morgan fingerprint density at radius 2 is 2.29 bits per heavy atom. The van der Waals surface area contributed by atoms with Crippen LogP contribution in [0.15, 0.2) is 0 Å². The monoisotopic (exact) mass is 119 g/mol. The van der Waals surface area contributed by atoms with Gasteiger partial charge in [-0.05, 0) is 12.8 Å². The van der Waals surface area contributed by atoms with Crippen LogP contribution in [0.5, 0.6) is 0 Å². The first-order valence-corrected chi connectivity index (χ1v) is 2.55. The molecule has 1 amide bonds. The molecule has 1 saturated carbocycles. The minimum atomic E-state index is -0.345. The van der Waals surface area contributed by atoms with E-state index in [1.165, 1.54) is 0 Å².